The first-order valence-electron chi connectivity index (χ1n) is 5.82. The van der Waals surface area contributed by atoms with Gasteiger partial charge >= 0.3 is 0 Å². The molecule has 1 aromatic carbocycles. The fourth-order valence-electron chi connectivity index (χ4n) is 1.62. The van der Waals surface area contributed by atoms with Gasteiger partial charge in [0.25, 0.3) is 0 Å². The average molecular weight is 371 g/mol. The molecule has 0 spiro atoms. The minimum atomic E-state index is -4.11. The van der Waals surface area contributed by atoms with Gasteiger partial charge in [-0.1, -0.05) is 13.8 Å². The number of hydrogen-bond acceptors (Lipinski definition) is 3. The predicted molar refractivity (Wildman–Crippen MR) is 76.7 cm³/mol. The SMILES string of the molecule is CN(CC(C)(C)CN)S(=O)(=O)c1cc(F)c(Br)cc1F. The molecule has 0 bridgehead atoms. The van der Waals surface area contributed by atoms with Crippen LogP contribution in [0.25, 0.3) is 0 Å². The molecule has 0 radical (unpaired) electrons. The van der Waals surface area contributed by atoms with Crippen LogP contribution in [-0.4, -0.2) is 32.9 Å². The van der Waals surface area contributed by atoms with E-state index < -0.39 is 32.0 Å². The lowest BCUT2D eigenvalue weighted by Gasteiger charge is -2.28. The molecule has 0 aromatic heterocycles. The molecule has 20 heavy (non-hydrogen) atoms. The summed E-state index contributed by atoms with van der Waals surface area (Å²) in [6.45, 7) is 3.95. The van der Waals surface area contributed by atoms with E-state index in [0.717, 1.165) is 10.4 Å². The van der Waals surface area contributed by atoms with Crippen LogP contribution in [0.5, 0.6) is 0 Å². The summed E-state index contributed by atoms with van der Waals surface area (Å²) in [5, 5.41) is 0. The van der Waals surface area contributed by atoms with E-state index in [0.29, 0.717) is 6.07 Å². The standard InChI is InChI=1S/C12H17BrF2N2O2S/c1-12(2,6-16)7-17(3)20(18,19)11-5-9(14)8(13)4-10(11)15/h4-5H,6-7,16H2,1-3H3. The Morgan fingerprint density at radius 1 is 1.30 bits per heavy atom. The van der Waals surface area contributed by atoms with Crippen molar-refractivity contribution < 1.29 is 17.2 Å². The Morgan fingerprint density at radius 3 is 2.35 bits per heavy atom. The monoisotopic (exact) mass is 370 g/mol. The van der Waals surface area contributed by atoms with Gasteiger partial charge in [0.2, 0.25) is 10.0 Å². The topological polar surface area (TPSA) is 63.4 Å². The zero-order chi connectivity index (χ0) is 15.7. The highest BCUT2D eigenvalue weighted by Gasteiger charge is 2.30. The van der Waals surface area contributed by atoms with Crippen LogP contribution in [0.4, 0.5) is 8.78 Å². The van der Waals surface area contributed by atoms with Gasteiger partial charge in [0, 0.05) is 13.6 Å². The predicted octanol–water partition coefficient (Wildman–Crippen LogP) is 2.33. The Bertz CT molecular complexity index is 606. The van der Waals surface area contributed by atoms with E-state index in [1.165, 1.54) is 7.05 Å². The van der Waals surface area contributed by atoms with Gasteiger partial charge in [-0.3, -0.25) is 0 Å². The van der Waals surface area contributed by atoms with Crippen molar-refractivity contribution in [3.8, 4) is 0 Å². The van der Waals surface area contributed by atoms with Crippen LogP contribution in [-0.2, 0) is 10.0 Å². The highest BCUT2D eigenvalue weighted by Crippen LogP contribution is 2.26. The minimum absolute atomic E-state index is 0.100. The summed E-state index contributed by atoms with van der Waals surface area (Å²) < 4.78 is 52.6. The number of nitrogens with zero attached hydrogens (tertiary/aromatic N) is 1. The van der Waals surface area contributed by atoms with Crippen molar-refractivity contribution in [3.63, 3.8) is 0 Å². The molecule has 4 nitrogen and oxygen atoms in total. The summed E-state index contributed by atoms with van der Waals surface area (Å²) in [5.41, 5.74) is 5.08. The maximum Gasteiger partial charge on any atom is 0.245 e. The summed E-state index contributed by atoms with van der Waals surface area (Å²) >= 11 is 2.80. The molecule has 114 valence electrons. The second-order valence-corrected chi connectivity index (χ2v) is 8.19. The molecule has 0 aliphatic carbocycles. The first kappa shape index (κ1) is 17.5. The number of sulfonamides is 1. The van der Waals surface area contributed by atoms with Crippen molar-refractivity contribution in [3.05, 3.63) is 28.2 Å². The maximum absolute atomic E-state index is 13.8. The molecule has 0 amide bonds. The van der Waals surface area contributed by atoms with Crippen molar-refractivity contribution in [2.75, 3.05) is 20.1 Å². The van der Waals surface area contributed by atoms with Gasteiger partial charge in [-0.15, -0.1) is 0 Å². The second-order valence-electron chi connectivity index (χ2n) is 5.33. The van der Waals surface area contributed by atoms with Crippen LogP contribution in [0.1, 0.15) is 13.8 Å². The van der Waals surface area contributed by atoms with Crippen LogP contribution in [0.2, 0.25) is 0 Å². The lowest BCUT2D eigenvalue weighted by atomic mass is 9.94. The van der Waals surface area contributed by atoms with Crippen molar-refractivity contribution in [2.24, 2.45) is 11.1 Å². The van der Waals surface area contributed by atoms with Gasteiger partial charge in [-0.25, -0.2) is 21.5 Å². The molecule has 0 fully saturated rings. The van der Waals surface area contributed by atoms with Crippen LogP contribution in [0.3, 0.4) is 0 Å². The first-order chi connectivity index (χ1) is 9.01. The molecule has 0 saturated heterocycles. The Kier molecular flexibility index (Phi) is 5.29. The fraction of sp³-hybridized carbons (Fsp3) is 0.500. The minimum Gasteiger partial charge on any atom is -0.330 e. The number of hydrogen-bond donors (Lipinski definition) is 1. The molecule has 0 saturated carbocycles. The van der Waals surface area contributed by atoms with Gasteiger partial charge in [-0.05, 0) is 40.0 Å². The Balaban J connectivity index is 3.21. The molecule has 0 aliphatic heterocycles. The molecule has 0 atom stereocenters. The van der Waals surface area contributed by atoms with E-state index in [1.807, 2.05) is 0 Å². The summed E-state index contributed by atoms with van der Waals surface area (Å²) in [5.74, 6) is -1.84. The Hall–Kier alpha value is -0.570. The number of halogens is 3. The molecule has 1 aromatic rings. The average Bonchev–Trinajstić information content (AvgIpc) is 2.33. The normalized spacial score (nSPS) is 13.0. The summed E-state index contributed by atoms with van der Waals surface area (Å²) in [7, 11) is -2.80. The third-order valence-electron chi connectivity index (χ3n) is 2.87. The second kappa shape index (κ2) is 6.05. The number of benzene rings is 1. The summed E-state index contributed by atoms with van der Waals surface area (Å²) in [6.07, 6.45) is 0. The van der Waals surface area contributed by atoms with Crippen molar-refractivity contribution in [1.82, 2.24) is 4.31 Å². The zero-order valence-electron chi connectivity index (χ0n) is 11.5. The summed E-state index contributed by atoms with van der Waals surface area (Å²) in [6, 6.07) is 1.46. The molecule has 0 heterocycles. The maximum atomic E-state index is 13.8. The van der Waals surface area contributed by atoms with Gasteiger partial charge in [0.05, 0.1) is 4.47 Å². The first-order valence-corrected chi connectivity index (χ1v) is 8.05. The fourth-order valence-corrected chi connectivity index (χ4v) is 3.35. The van der Waals surface area contributed by atoms with E-state index in [4.69, 9.17) is 5.73 Å². The van der Waals surface area contributed by atoms with E-state index in [2.05, 4.69) is 15.9 Å². The molecule has 0 aliphatic rings. The third kappa shape index (κ3) is 3.75. The van der Waals surface area contributed by atoms with Crippen LogP contribution in [0, 0.1) is 17.0 Å². The highest BCUT2D eigenvalue weighted by molar-refractivity contribution is 9.10. The van der Waals surface area contributed by atoms with Gasteiger partial charge in [-0.2, -0.15) is 0 Å². The molecule has 2 N–H and O–H groups in total. The Morgan fingerprint density at radius 2 is 1.85 bits per heavy atom. The zero-order valence-corrected chi connectivity index (χ0v) is 13.9. The lowest BCUT2D eigenvalue weighted by molar-refractivity contribution is 0.291. The van der Waals surface area contributed by atoms with Gasteiger partial charge in [0.15, 0.2) is 0 Å². The molecule has 0 unspecified atom stereocenters. The van der Waals surface area contributed by atoms with Crippen molar-refractivity contribution in [2.45, 2.75) is 18.7 Å². The highest BCUT2D eigenvalue weighted by atomic mass is 79.9. The van der Waals surface area contributed by atoms with Gasteiger partial charge in [0.1, 0.15) is 16.5 Å². The molecular formula is C12H17BrF2N2O2S. The molecule has 1 rings (SSSR count). The van der Waals surface area contributed by atoms with Crippen LogP contribution in [0.15, 0.2) is 21.5 Å². The van der Waals surface area contributed by atoms with Crippen molar-refractivity contribution >= 4 is 26.0 Å². The molecular weight excluding hydrogens is 354 g/mol. The van der Waals surface area contributed by atoms with E-state index in [9.17, 15) is 17.2 Å². The quantitative estimate of drug-likeness (QED) is 0.809. The largest absolute Gasteiger partial charge is 0.330 e. The van der Waals surface area contributed by atoms with E-state index >= 15 is 0 Å². The van der Waals surface area contributed by atoms with E-state index in [1.54, 1.807) is 13.8 Å². The smallest absolute Gasteiger partial charge is 0.245 e. The lowest BCUT2D eigenvalue weighted by Crippen LogP contribution is -2.40. The third-order valence-corrected chi connectivity index (χ3v) is 5.29. The number of nitrogens with two attached hydrogens (primary N) is 1. The molecule has 8 heteroatoms. The Labute approximate surface area is 126 Å². The van der Waals surface area contributed by atoms with Crippen LogP contribution >= 0.6 is 15.9 Å². The van der Waals surface area contributed by atoms with Crippen LogP contribution < -0.4 is 5.73 Å². The summed E-state index contributed by atoms with van der Waals surface area (Å²) in [4.78, 5) is -0.687. The van der Waals surface area contributed by atoms with Gasteiger partial charge < -0.3 is 5.73 Å². The van der Waals surface area contributed by atoms with E-state index in [-0.39, 0.29) is 17.6 Å². The number of rotatable bonds is 5. The van der Waals surface area contributed by atoms with Crippen molar-refractivity contribution in [1.29, 1.82) is 0 Å².